The third-order valence-corrected chi connectivity index (χ3v) is 3.38. The first kappa shape index (κ1) is 12.4. The zero-order valence-electron chi connectivity index (χ0n) is 7.79. The van der Waals surface area contributed by atoms with Gasteiger partial charge in [0.1, 0.15) is 0 Å². The molecule has 80 valence electrons. The topological polar surface area (TPSA) is 60.2 Å². The predicted octanol–water partition coefficient (Wildman–Crippen LogP) is 2.93. The first-order valence-corrected chi connectivity index (χ1v) is 5.63. The standard InChI is InChI=1S/C9H7ClINO3/c1-5-7(11)3-2-6(8(13)4-10)9(5)12(14)15/h2-3H,4H2,1H3. The second-order valence-electron chi connectivity index (χ2n) is 2.88. The molecule has 0 saturated carbocycles. The fraction of sp³-hybridized carbons (Fsp3) is 0.222. The normalized spacial score (nSPS) is 10.1. The third-order valence-electron chi connectivity index (χ3n) is 1.97. The van der Waals surface area contributed by atoms with Crippen molar-refractivity contribution in [2.45, 2.75) is 6.92 Å². The average Bonchev–Trinajstić information content (AvgIpc) is 2.20. The van der Waals surface area contributed by atoms with Crippen molar-refractivity contribution in [3.8, 4) is 0 Å². The largest absolute Gasteiger partial charge is 0.293 e. The number of rotatable bonds is 3. The molecule has 0 atom stereocenters. The number of carbonyl (C=O) groups excluding carboxylic acids is 1. The van der Waals surface area contributed by atoms with E-state index in [4.69, 9.17) is 11.6 Å². The zero-order valence-corrected chi connectivity index (χ0v) is 10.7. The number of halogens is 2. The number of nitro benzene ring substituents is 1. The molecule has 0 aliphatic heterocycles. The molecule has 0 spiro atoms. The molecule has 6 heteroatoms. The summed E-state index contributed by atoms with van der Waals surface area (Å²) in [4.78, 5) is 21.6. The van der Waals surface area contributed by atoms with E-state index >= 15 is 0 Å². The monoisotopic (exact) mass is 339 g/mol. The number of alkyl halides is 1. The number of ketones is 1. The van der Waals surface area contributed by atoms with E-state index in [2.05, 4.69) is 0 Å². The molecular weight excluding hydrogens is 332 g/mol. The first-order valence-electron chi connectivity index (χ1n) is 4.01. The van der Waals surface area contributed by atoms with E-state index in [9.17, 15) is 14.9 Å². The van der Waals surface area contributed by atoms with Gasteiger partial charge in [-0.2, -0.15) is 0 Å². The maximum atomic E-state index is 11.4. The first-order chi connectivity index (χ1) is 6.99. The Morgan fingerprint density at radius 3 is 2.67 bits per heavy atom. The number of Topliss-reactive ketones (excluding diaryl/α,β-unsaturated/α-hetero) is 1. The maximum Gasteiger partial charge on any atom is 0.284 e. The van der Waals surface area contributed by atoms with Crippen molar-refractivity contribution >= 4 is 45.7 Å². The minimum absolute atomic E-state index is 0.0768. The molecule has 0 bridgehead atoms. The summed E-state index contributed by atoms with van der Waals surface area (Å²) in [5.41, 5.74) is 0.428. The Morgan fingerprint density at radius 2 is 2.20 bits per heavy atom. The van der Waals surface area contributed by atoms with Crippen LogP contribution in [0.2, 0.25) is 0 Å². The van der Waals surface area contributed by atoms with Crippen LogP contribution in [0.3, 0.4) is 0 Å². The summed E-state index contributed by atoms with van der Waals surface area (Å²) in [5.74, 6) is -0.677. The van der Waals surface area contributed by atoms with Gasteiger partial charge in [0.05, 0.1) is 16.4 Å². The average molecular weight is 340 g/mol. The van der Waals surface area contributed by atoms with Crippen LogP contribution in [0, 0.1) is 20.6 Å². The summed E-state index contributed by atoms with van der Waals surface area (Å²) in [6.45, 7) is 1.62. The maximum absolute atomic E-state index is 11.4. The van der Waals surface area contributed by atoms with Gasteiger partial charge in [-0.1, -0.05) is 0 Å². The highest BCUT2D eigenvalue weighted by molar-refractivity contribution is 14.1. The van der Waals surface area contributed by atoms with Gasteiger partial charge in [-0.15, -0.1) is 11.6 Å². The summed E-state index contributed by atoms with van der Waals surface area (Å²) in [6, 6.07) is 3.11. The predicted molar refractivity (Wildman–Crippen MR) is 65.6 cm³/mol. The molecule has 15 heavy (non-hydrogen) atoms. The van der Waals surface area contributed by atoms with E-state index < -0.39 is 10.7 Å². The van der Waals surface area contributed by atoms with Crippen molar-refractivity contribution in [1.29, 1.82) is 0 Å². The minimum atomic E-state index is -0.544. The highest BCUT2D eigenvalue weighted by Crippen LogP contribution is 2.27. The Hall–Kier alpha value is -0.690. The van der Waals surface area contributed by atoms with Crippen molar-refractivity contribution in [2.24, 2.45) is 0 Å². The number of carbonyl (C=O) groups is 1. The van der Waals surface area contributed by atoms with Gasteiger partial charge in [-0.05, 0) is 41.6 Å². The lowest BCUT2D eigenvalue weighted by Gasteiger charge is -2.04. The minimum Gasteiger partial charge on any atom is -0.293 e. The molecule has 0 aliphatic carbocycles. The van der Waals surface area contributed by atoms with Crippen molar-refractivity contribution in [2.75, 3.05) is 5.88 Å². The van der Waals surface area contributed by atoms with Gasteiger partial charge in [0, 0.05) is 9.13 Å². The molecular formula is C9H7ClINO3. The molecule has 0 heterocycles. The second-order valence-corrected chi connectivity index (χ2v) is 4.31. The van der Waals surface area contributed by atoms with Crippen LogP contribution in [0.5, 0.6) is 0 Å². The number of benzene rings is 1. The smallest absolute Gasteiger partial charge is 0.284 e. The Balaban J connectivity index is 3.46. The van der Waals surface area contributed by atoms with Crippen LogP contribution in [-0.4, -0.2) is 16.6 Å². The van der Waals surface area contributed by atoms with E-state index in [1.807, 2.05) is 22.6 Å². The van der Waals surface area contributed by atoms with Crippen LogP contribution in [0.1, 0.15) is 15.9 Å². The van der Waals surface area contributed by atoms with Crippen LogP contribution in [0.15, 0.2) is 12.1 Å². The third kappa shape index (κ3) is 2.46. The van der Waals surface area contributed by atoms with Crippen LogP contribution in [0.4, 0.5) is 5.69 Å². The van der Waals surface area contributed by atoms with E-state index in [0.717, 1.165) is 3.57 Å². The Kier molecular flexibility index (Phi) is 4.04. The van der Waals surface area contributed by atoms with E-state index in [-0.39, 0.29) is 17.1 Å². The molecule has 1 aromatic carbocycles. The molecule has 0 saturated heterocycles. The fourth-order valence-corrected chi connectivity index (χ4v) is 1.79. The lowest BCUT2D eigenvalue weighted by Crippen LogP contribution is -2.07. The lowest BCUT2D eigenvalue weighted by atomic mass is 10.1. The van der Waals surface area contributed by atoms with E-state index in [0.29, 0.717) is 5.56 Å². The van der Waals surface area contributed by atoms with Crippen LogP contribution in [-0.2, 0) is 0 Å². The lowest BCUT2D eigenvalue weighted by molar-refractivity contribution is -0.385. The van der Waals surface area contributed by atoms with Crippen LogP contribution in [0.25, 0.3) is 0 Å². The van der Waals surface area contributed by atoms with Gasteiger partial charge in [0.2, 0.25) is 0 Å². The SMILES string of the molecule is Cc1c(I)ccc(C(=O)CCl)c1[N+](=O)[O-]. The van der Waals surface area contributed by atoms with Gasteiger partial charge in [-0.25, -0.2) is 0 Å². The van der Waals surface area contributed by atoms with Crippen LogP contribution < -0.4 is 0 Å². The van der Waals surface area contributed by atoms with Gasteiger partial charge < -0.3 is 0 Å². The number of nitro groups is 1. The molecule has 0 aromatic heterocycles. The van der Waals surface area contributed by atoms with Crippen molar-refractivity contribution < 1.29 is 9.72 Å². The summed E-state index contributed by atoms with van der Waals surface area (Å²) in [5, 5.41) is 10.8. The second kappa shape index (κ2) is 4.89. The quantitative estimate of drug-likeness (QED) is 0.280. The molecule has 4 nitrogen and oxygen atoms in total. The molecule has 0 N–H and O–H groups in total. The molecule has 0 fully saturated rings. The van der Waals surface area contributed by atoms with Crippen molar-refractivity contribution in [1.82, 2.24) is 0 Å². The number of nitrogens with zero attached hydrogens (tertiary/aromatic N) is 1. The molecule has 1 aromatic rings. The summed E-state index contributed by atoms with van der Waals surface area (Å²) >= 11 is 7.37. The highest BCUT2D eigenvalue weighted by Gasteiger charge is 2.23. The van der Waals surface area contributed by atoms with Crippen molar-refractivity contribution in [3.05, 3.63) is 36.9 Å². The molecule has 1 rings (SSSR count). The van der Waals surface area contributed by atoms with Gasteiger partial charge in [0.15, 0.2) is 5.78 Å². The fourth-order valence-electron chi connectivity index (χ4n) is 1.21. The molecule has 0 radical (unpaired) electrons. The summed E-state index contributed by atoms with van der Waals surface area (Å²) in [7, 11) is 0. The highest BCUT2D eigenvalue weighted by atomic mass is 127. The molecule has 0 aliphatic rings. The van der Waals surface area contributed by atoms with E-state index in [1.165, 1.54) is 6.07 Å². The van der Waals surface area contributed by atoms with E-state index in [1.54, 1.807) is 13.0 Å². The molecule has 0 amide bonds. The van der Waals surface area contributed by atoms with Gasteiger partial charge in [0.25, 0.3) is 5.69 Å². The van der Waals surface area contributed by atoms with Gasteiger partial charge in [-0.3, -0.25) is 14.9 Å². The number of hydrogen-bond acceptors (Lipinski definition) is 3. The zero-order chi connectivity index (χ0) is 11.6. The Labute approximate surface area is 105 Å². The Bertz CT molecular complexity index is 434. The van der Waals surface area contributed by atoms with Gasteiger partial charge >= 0.3 is 0 Å². The molecule has 0 unspecified atom stereocenters. The summed E-state index contributed by atoms with van der Waals surface area (Å²) < 4.78 is 0.755. The number of hydrogen-bond donors (Lipinski definition) is 0. The summed E-state index contributed by atoms with van der Waals surface area (Å²) in [6.07, 6.45) is 0. The van der Waals surface area contributed by atoms with Crippen LogP contribution >= 0.6 is 34.2 Å². The Morgan fingerprint density at radius 1 is 1.60 bits per heavy atom. The van der Waals surface area contributed by atoms with Crippen molar-refractivity contribution in [3.63, 3.8) is 0 Å².